The second-order valence-corrected chi connectivity index (χ2v) is 5.31. The minimum absolute atomic E-state index is 0.612. The molecule has 2 nitrogen and oxygen atoms in total. The van der Waals surface area contributed by atoms with E-state index in [4.69, 9.17) is 11.6 Å². The normalized spacial score (nSPS) is 25.0. The molecular formula is C14H19ClN2. The minimum atomic E-state index is 0.612. The summed E-state index contributed by atoms with van der Waals surface area (Å²) in [6.45, 7) is 4.83. The van der Waals surface area contributed by atoms with Crippen molar-refractivity contribution in [2.45, 2.75) is 24.8 Å². The molecule has 0 amide bonds. The molecule has 17 heavy (non-hydrogen) atoms. The first-order chi connectivity index (χ1) is 8.38. The maximum atomic E-state index is 6.03. The van der Waals surface area contributed by atoms with Crippen molar-refractivity contribution in [2.75, 3.05) is 31.1 Å². The number of benzene rings is 1. The fraction of sp³-hybridized carbons (Fsp3) is 0.571. The van der Waals surface area contributed by atoms with E-state index in [1.54, 1.807) is 0 Å². The van der Waals surface area contributed by atoms with Crippen molar-refractivity contribution < 1.29 is 0 Å². The van der Waals surface area contributed by atoms with Crippen molar-refractivity contribution in [2.24, 2.45) is 0 Å². The first-order valence-electron chi connectivity index (χ1n) is 6.51. The zero-order valence-corrected chi connectivity index (χ0v) is 10.9. The summed E-state index contributed by atoms with van der Waals surface area (Å²) in [6.07, 6.45) is 2.73. The summed E-state index contributed by atoms with van der Waals surface area (Å²) < 4.78 is 0. The largest absolute Gasteiger partial charge is 0.368 e. The second-order valence-electron chi connectivity index (χ2n) is 5.04. The minimum Gasteiger partial charge on any atom is -0.368 e. The molecule has 1 aromatic carbocycles. The molecule has 0 aliphatic carbocycles. The van der Waals surface area contributed by atoms with E-state index < -0.39 is 0 Å². The second kappa shape index (κ2) is 4.87. The molecule has 0 spiro atoms. The van der Waals surface area contributed by atoms with Crippen LogP contribution >= 0.6 is 11.6 Å². The van der Waals surface area contributed by atoms with Gasteiger partial charge in [0.1, 0.15) is 0 Å². The van der Waals surface area contributed by atoms with E-state index >= 15 is 0 Å². The van der Waals surface area contributed by atoms with E-state index in [-0.39, 0.29) is 0 Å². The number of nitrogens with zero attached hydrogens (tertiary/aromatic N) is 2. The highest BCUT2D eigenvalue weighted by Gasteiger charge is 2.30. The number of hydrogen-bond donors (Lipinski definition) is 0. The number of para-hydroxylation sites is 1. The van der Waals surface area contributed by atoms with Gasteiger partial charge in [0.15, 0.2) is 0 Å². The number of piperazine rings is 1. The Bertz CT molecular complexity index is 394. The monoisotopic (exact) mass is 250 g/mol. The predicted octanol–water partition coefficient (Wildman–Crippen LogP) is 2.71. The van der Waals surface area contributed by atoms with Crippen LogP contribution in [0.3, 0.4) is 0 Å². The average Bonchev–Trinajstić information content (AvgIpc) is 2.85. The van der Waals surface area contributed by atoms with Gasteiger partial charge in [0.05, 0.1) is 0 Å². The maximum absolute atomic E-state index is 6.03. The predicted molar refractivity (Wildman–Crippen MR) is 72.8 cm³/mol. The Morgan fingerprint density at radius 3 is 2.94 bits per heavy atom. The molecule has 2 fully saturated rings. The third kappa shape index (κ3) is 2.16. The van der Waals surface area contributed by atoms with Crippen LogP contribution in [0.1, 0.15) is 18.4 Å². The van der Waals surface area contributed by atoms with Gasteiger partial charge < -0.3 is 4.90 Å². The molecule has 0 saturated carbocycles. The number of alkyl halides is 1. The van der Waals surface area contributed by atoms with Crippen molar-refractivity contribution in [1.82, 2.24) is 4.90 Å². The topological polar surface area (TPSA) is 6.48 Å². The van der Waals surface area contributed by atoms with Gasteiger partial charge in [-0.1, -0.05) is 18.2 Å². The van der Waals surface area contributed by atoms with Crippen LogP contribution in [-0.4, -0.2) is 37.1 Å². The zero-order chi connectivity index (χ0) is 11.7. The van der Waals surface area contributed by atoms with E-state index in [1.165, 1.54) is 43.7 Å². The molecule has 0 bridgehead atoms. The van der Waals surface area contributed by atoms with Crippen LogP contribution < -0.4 is 4.90 Å². The summed E-state index contributed by atoms with van der Waals surface area (Å²) in [5.41, 5.74) is 2.61. The van der Waals surface area contributed by atoms with Crippen LogP contribution in [0.2, 0.25) is 0 Å². The van der Waals surface area contributed by atoms with E-state index in [0.717, 1.165) is 12.6 Å². The lowest BCUT2D eigenvalue weighted by Gasteiger charge is -2.39. The zero-order valence-electron chi connectivity index (χ0n) is 10.1. The smallest absolute Gasteiger partial charge is 0.0494 e. The Balaban J connectivity index is 1.80. The van der Waals surface area contributed by atoms with Crippen molar-refractivity contribution in [1.29, 1.82) is 0 Å². The van der Waals surface area contributed by atoms with E-state index in [2.05, 4.69) is 34.1 Å². The highest BCUT2D eigenvalue weighted by Crippen LogP contribution is 2.28. The first-order valence-corrected chi connectivity index (χ1v) is 7.05. The molecule has 92 valence electrons. The van der Waals surface area contributed by atoms with Crippen LogP contribution in [0.4, 0.5) is 5.69 Å². The Kier molecular flexibility index (Phi) is 3.26. The molecule has 2 aliphatic rings. The van der Waals surface area contributed by atoms with E-state index in [0.29, 0.717) is 5.88 Å². The Labute approximate surface area is 108 Å². The van der Waals surface area contributed by atoms with Gasteiger partial charge in [-0.25, -0.2) is 0 Å². The molecule has 2 saturated heterocycles. The number of fused-ring (bicyclic) bond motifs is 1. The highest BCUT2D eigenvalue weighted by molar-refractivity contribution is 6.17. The fourth-order valence-corrected chi connectivity index (χ4v) is 3.37. The Morgan fingerprint density at radius 2 is 2.06 bits per heavy atom. The summed E-state index contributed by atoms with van der Waals surface area (Å²) in [4.78, 5) is 5.16. The summed E-state index contributed by atoms with van der Waals surface area (Å²) in [5, 5.41) is 0. The van der Waals surface area contributed by atoms with Crippen molar-refractivity contribution in [3.05, 3.63) is 29.8 Å². The van der Waals surface area contributed by atoms with Gasteiger partial charge in [0.2, 0.25) is 0 Å². The number of anilines is 1. The van der Waals surface area contributed by atoms with Gasteiger partial charge in [0.25, 0.3) is 0 Å². The molecule has 1 atom stereocenters. The van der Waals surface area contributed by atoms with Crippen LogP contribution in [0, 0.1) is 0 Å². The van der Waals surface area contributed by atoms with Gasteiger partial charge in [-0.15, -0.1) is 11.6 Å². The molecule has 1 aromatic rings. The van der Waals surface area contributed by atoms with Gasteiger partial charge >= 0.3 is 0 Å². The van der Waals surface area contributed by atoms with Crippen LogP contribution in [-0.2, 0) is 5.88 Å². The quantitative estimate of drug-likeness (QED) is 0.745. The molecule has 0 N–H and O–H groups in total. The molecule has 2 aliphatic heterocycles. The van der Waals surface area contributed by atoms with Gasteiger partial charge in [-0.05, 0) is 31.0 Å². The SMILES string of the molecule is ClCc1ccccc1N1CCN2CCCC2C1. The number of halogens is 1. The first kappa shape index (κ1) is 11.4. The maximum Gasteiger partial charge on any atom is 0.0494 e. The number of hydrogen-bond acceptors (Lipinski definition) is 2. The Morgan fingerprint density at radius 1 is 1.18 bits per heavy atom. The van der Waals surface area contributed by atoms with Crippen LogP contribution in [0.5, 0.6) is 0 Å². The van der Waals surface area contributed by atoms with Crippen molar-refractivity contribution in [3.8, 4) is 0 Å². The Hall–Kier alpha value is -0.730. The lowest BCUT2D eigenvalue weighted by molar-refractivity contribution is 0.231. The number of rotatable bonds is 2. The van der Waals surface area contributed by atoms with Crippen molar-refractivity contribution in [3.63, 3.8) is 0 Å². The molecule has 3 heteroatoms. The summed E-state index contributed by atoms with van der Waals surface area (Å²) in [6, 6.07) is 9.32. The van der Waals surface area contributed by atoms with E-state index in [1.807, 2.05) is 0 Å². The molecule has 3 rings (SSSR count). The summed E-state index contributed by atoms with van der Waals surface area (Å²) >= 11 is 6.03. The molecule has 2 heterocycles. The average molecular weight is 251 g/mol. The van der Waals surface area contributed by atoms with Crippen molar-refractivity contribution >= 4 is 17.3 Å². The molecular weight excluding hydrogens is 232 g/mol. The lowest BCUT2D eigenvalue weighted by Crippen LogP contribution is -2.50. The van der Waals surface area contributed by atoms with Crippen LogP contribution in [0.15, 0.2) is 24.3 Å². The lowest BCUT2D eigenvalue weighted by atomic mass is 10.1. The van der Waals surface area contributed by atoms with Crippen LogP contribution in [0.25, 0.3) is 0 Å². The third-order valence-corrected chi connectivity index (χ3v) is 4.35. The van der Waals surface area contributed by atoms with Gasteiger partial charge in [-0.3, -0.25) is 4.90 Å². The molecule has 0 radical (unpaired) electrons. The fourth-order valence-electron chi connectivity index (χ4n) is 3.14. The highest BCUT2D eigenvalue weighted by atomic mass is 35.5. The third-order valence-electron chi connectivity index (χ3n) is 4.06. The standard InChI is InChI=1S/C14H19ClN2/c15-10-12-4-1-2-6-14(12)17-9-8-16-7-3-5-13(16)11-17/h1-2,4,6,13H,3,5,7-11H2. The van der Waals surface area contributed by atoms with Gasteiger partial charge in [0, 0.05) is 37.2 Å². The summed E-state index contributed by atoms with van der Waals surface area (Å²) in [5.74, 6) is 0.612. The van der Waals surface area contributed by atoms with Gasteiger partial charge in [-0.2, -0.15) is 0 Å². The summed E-state index contributed by atoms with van der Waals surface area (Å²) in [7, 11) is 0. The van der Waals surface area contributed by atoms with E-state index in [9.17, 15) is 0 Å². The molecule has 1 unspecified atom stereocenters. The molecule has 0 aromatic heterocycles.